The Morgan fingerprint density at radius 1 is 1.23 bits per heavy atom. The van der Waals surface area contributed by atoms with E-state index in [0.717, 1.165) is 0 Å². The minimum absolute atomic E-state index is 0.0200. The lowest BCUT2D eigenvalue weighted by Crippen LogP contribution is -2.39. The summed E-state index contributed by atoms with van der Waals surface area (Å²) in [6.07, 6.45) is 1.27. The maximum Gasteiger partial charge on any atom is 0.335 e. The van der Waals surface area contributed by atoms with Gasteiger partial charge in [0.2, 0.25) is 5.91 Å². The fourth-order valence-corrected chi connectivity index (χ4v) is 2.41. The summed E-state index contributed by atoms with van der Waals surface area (Å²) in [6, 6.07) is 1.85. The van der Waals surface area contributed by atoms with Gasteiger partial charge in [-0.25, -0.2) is 9.69 Å². The lowest BCUT2D eigenvalue weighted by atomic mass is 10.1. The molecular formula is C16H16N4O6. The molecule has 10 nitrogen and oxygen atoms in total. The maximum atomic E-state index is 12.2. The van der Waals surface area contributed by atoms with E-state index in [-0.39, 0.29) is 17.9 Å². The lowest BCUT2D eigenvalue weighted by Gasteiger charge is -2.15. The van der Waals surface area contributed by atoms with Crippen LogP contribution in [-0.4, -0.2) is 51.6 Å². The van der Waals surface area contributed by atoms with Crippen LogP contribution in [-0.2, 0) is 14.4 Å². The summed E-state index contributed by atoms with van der Waals surface area (Å²) in [4.78, 5) is 59.6. The molecule has 1 aromatic rings. The minimum atomic E-state index is -1.14. The molecule has 1 aliphatic rings. The summed E-state index contributed by atoms with van der Waals surface area (Å²) in [7, 11) is 0. The lowest BCUT2D eigenvalue weighted by molar-refractivity contribution is -0.384. The Morgan fingerprint density at radius 2 is 1.85 bits per heavy atom. The summed E-state index contributed by atoms with van der Waals surface area (Å²) < 4.78 is 0. The maximum absolute atomic E-state index is 12.2. The van der Waals surface area contributed by atoms with E-state index in [1.54, 1.807) is 19.9 Å². The highest BCUT2D eigenvalue weighted by Crippen LogP contribution is 2.30. The Balaban J connectivity index is 2.22. The molecule has 0 bridgehead atoms. The fourth-order valence-electron chi connectivity index (χ4n) is 2.41. The first-order valence-electron chi connectivity index (χ1n) is 7.51. The molecule has 1 N–H and O–H groups in total. The summed E-state index contributed by atoms with van der Waals surface area (Å²) >= 11 is 0. The van der Waals surface area contributed by atoms with Crippen molar-refractivity contribution in [3.05, 3.63) is 46.0 Å². The fraction of sp³-hybridized carbons (Fsp3) is 0.250. The number of nitro benzene ring substituents is 1. The Kier molecular flexibility index (Phi) is 5.15. The number of rotatable bonds is 6. The van der Waals surface area contributed by atoms with Gasteiger partial charge in [0.05, 0.1) is 4.92 Å². The molecule has 2 rings (SSSR count). The van der Waals surface area contributed by atoms with Crippen LogP contribution in [0.4, 0.5) is 16.2 Å². The first-order chi connectivity index (χ1) is 12.2. The first kappa shape index (κ1) is 18.8. The third-order valence-electron chi connectivity index (χ3n) is 3.92. The van der Waals surface area contributed by atoms with Gasteiger partial charge in [-0.05, 0) is 25.0 Å². The molecule has 136 valence electrons. The molecule has 0 saturated carbocycles. The highest BCUT2D eigenvalue weighted by molar-refractivity contribution is 6.45. The Hall–Kier alpha value is -3.56. The number of imide groups is 2. The number of carbonyl (C=O) groups excluding carboxylic acids is 4. The Labute approximate surface area is 148 Å². The van der Waals surface area contributed by atoms with Crippen molar-refractivity contribution in [2.45, 2.75) is 13.8 Å². The number of hydrogen-bond donors (Lipinski definition) is 1. The van der Waals surface area contributed by atoms with Crippen LogP contribution in [0.1, 0.15) is 11.1 Å². The van der Waals surface area contributed by atoms with Gasteiger partial charge in [0.1, 0.15) is 12.2 Å². The smallest absolute Gasteiger partial charge is 0.319 e. The molecule has 0 spiro atoms. The average Bonchev–Trinajstić information content (AvgIpc) is 2.77. The van der Waals surface area contributed by atoms with Crippen molar-refractivity contribution < 1.29 is 24.1 Å². The number of nitrogens with zero attached hydrogens (tertiary/aromatic N) is 3. The van der Waals surface area contributed by atoms with Crippen LogP contribution in [0.3, 0.4) is 0 Å². The number of carbonyl (C=O) groups is 4. The average molecular weight is 360 g/mol. The van der Waals surface area contributed by atoms with Crippen LogP contribution in [0.25, 0.3) is 0 Å². The zero-order valence-corrected chi connectivity index (χ0v) is 14.1. The van der Waals surface area contributed by atoms with Crippen LogP contribution in [0.2, 0.25) is 0 Å². The topological polar surface area (TPSA) is 130 Å². The second kappa shape index (κ2) is 7.13. The van der Waals surface area contributed by atoms with E-state index in [0.29, 0.717) is 20.9 Å². The Morgan fingerprint density at radius 3 is 2.42 bits per heavy atom. The molecule has 1 aliphatic heterocycles. The van der Waals surface area contributed by atoms with E-state index >= 15 is 0 Å². The van der Waals surface area contributed by atoms with E-state index in [1.807, 2.05) is 0 Å². The monoisotopic (exact) mass is 360 g/mol. The number of nitro groups is 1. The van der Waals surface area contributed by atoms with Gasteiger partial charge >= 0.3 is 17.8 Å². The number of anilines is 1. The highest BCUT2D eigenvalue weighted by Gasteiger charge is 2.44. The van der Waals surface area contributed by atoms with Crippen LogP contribution < -0.4 is 5.32 Å². The molecule has 1 heterocycles. The van der Waals surface area contributed by atoms with Crippen molar-refractivity contribution >= 4 is 35.1 Å². The second-order valence-electron chi connectivity index (χ2n) is 5.59. The number of benzene rings is 1. The zero-order chi connectivity index (χ0) is 19.6. The summed E-state index contributed by atoms with van der Waals surface area (Å²) in [5, 5.41) is 13.5. The molecule has 0 aliphatic carbocycles. The zero-order valence-electron chi connectivity index (χ0n) is 14.1. The van der Waals surface area contributed by atoms with Crippen LogP contribution in [0.5, 0.6) is 0 Å². The predicted octanol–water partition coefficient (Wildman–Crippen LogP) is 1.13. The third kappa shape index (κ3) is 3.29. The summed E-state index contributed by atoms with van der Waals surface area (Å²) in [5.41, 5.74) is 0.862. The predicted molar refractivity (Wildman–Crippen MR) is 90.2 cm³/mol. The van der Waals surface area contributed by atoms with Gasteiger partial charge in [0.15, 0.2) is 0 Å². The quantitative estimate of drug-likeness (QED) is 0.266. The summed E-state index contributed by atoms with van der Waals surface area (Å²) in [6.45, 7) is 5.80. The van der Waals surface area contributed by atoms with Crippen molar-refractivity contribution in [1.82, 2.24) is 9.80 Å². The SMILES string of the molecule is C=CCN1C(=O)C(=O)N(CC(=O)Nc2c([N+](=O)[O-])ccc(C)c2C)C1=O. The van der Waals surface area contributed by atoms with Gasteiger partial charge in [-0.2, -0.15) is 0 Å². The van der Waals surface area contributed by atoms with Crippen molar-refractivity contribution in [2.24, 2.45) is 0 Å². The molecule has 0 unspecified atom stereocenters. The molecule has 26 heavy (non-hydrogen) atoms. The van der Waals surface area contributed by atoms with Gasteiger partial charge in [-0.3, -0.25) is 29.4 Å². The van der Waals surface area contributed by atoms with Crippen LogP contribution in [0.15, 0.2) is 24.8 Å². The van der Waals surface area contributed by atoms with Crippen molar-refractivity contribution in [2.75, 3.05) is 18.4 Å². The molecule has 5 amide bonds. The molecular weight excluding hydrogens is 344 g/mol. The molecule has 1 aromatic carbocycles. The Bertz CT molecular complexity index is 847. The van der Waals surface area contributed by atoms with Gasteiger partial charge in [0.25, 0.3) is 5.69 Å². The molecule has 1 saturated heterocycles. The van der Waals surface area contributed by atoms with Gasteiger partial charge in [-0.15, -0.1) is 6.58 Å². The molecule has 0 aromatic heterocycles. The molecule has 10 heteroatoms. The van der Waals surface area contributed by atoms with Crippen molar-refractivity contribution in [3.63, 3.8) is 0 Å². The van der Waals surface area contributed by atoms with E-state index in [2.05, 4.69) is 11.9 Å². The van der Waals surface area contributed by atoms with E-state index in [1.165, 1.54) is 12.1 Å². The largest absolute Gasteiger partial charge is 0.335 e. The number of urea groups is 1. The third-order valence-corrected chi connectivity index (χ3v) is 3.92. The molecule has 0 radical (unpaired) electrons. The van der Waals surface area contributed by atoms with Crippen LogP contribution in [0, 0.1) is 24.0 Å². The van der Waals surface area contributed by atoms with Crippen molar-refractivity contribution in [1.29, 1.82) is 0 Å². The normalized spacial score (nSPS) is 14.0. The second-order valence-corrected chi connectivity index (χ2v) is 5.59. The number of aryl methyl sites for hydroxylation is 1. The van der Waals surface area contributed by atoms with Gasteiger partial charge < -0.3 is 5.32 Å². The van der Waals surface area contributed by atoms with Crippen molar-refractivity contribution in [3.8, 4) is 0 Å². The van der Waals surface area contributed by atoms with Gasteiger partial charge in [-0.1, -0.05) is 12.1 Å². The van der Waals surface area contributed by atoms with E-state index in [4.69, 9.17) is 0 Å². The van der Waals surface area contributed by atoms with Gasteiger partial charge in [0, 0.05) is 12.6 Å². The van der Waals surface area contributed by atoms with E-state index in [9.17, 15) is 29.3 Å². The number of hydrogen-bond acceptors (Lipinski definition) is 6. The van der Waals surface area contributed by atoms with Crippen LogP contribution >= 0.6 is 0 Å². The number of amides is 5. The highest BCUT2D eigenvalue weighted by atomic mass is 16.6. The standard InChI is InChI=1S/C16H16N4O6/c1-4-7-18-14(22)15(23)19(16(18)24)8-12(21)17-13-10(3)9(2)5-6-11(13)20(25)26/h4-6H,1,7-8H2,2-3H3,(H,17,21). The number of nitrogens with one attached hydrogen (secondary N) is 1. The molecule has 0 atom stereocenters. The summed E-state index contributed by atoms with van der Waals surface area (Å²) in [5.74, 6) is -3.03. The first-order valence-corrected chi connectivity index (χ1v) is 7.51. The minimum Gasteiger partial charge on any atom is -0.319 e. The molecule has 1 fully saturated rings. The van der Waals surface area contributed by atoms with E-state index < -0.39 is 35.2 Å².